The Hall–Kier alpha value is -2.74. The monoisotopic (exact) mass is 291 g/mol. The molecule has 8 heteroatoms. The number of carboxylic acid groups (broad SMARTS) is 1. The van der Waals surface area contributed by atoms with E-state index in [9.17, 15) is 19.2 Å². The van der Waals surface area contributed by atoms with Crippen molar-refractivity contribution in [3.63, 3.8) is 0 Å². The number of nitrogens with one attached hydrogen (secondary N) is 1. The molecule has 0 spiro atoms. The first-order valence-corrected chi connectivity index (χ1v) is 6.06. The van der Waals surface area contributed by atoms with Crippen molar-refractivity contribution in [2.24, 2.45) is 5.73 Å². The third kappa shape index (κ3) is 2.75. The number of aliphatic carboxylic acids is 1. The predicted octanol–water partition coefficient (Wildman–Crippen LogP) is -0.347. The molecule has 0 fully saturated rings. The zero-order valence-electron chi connectivity index (χ0n) is 11.1. The normalized spacial score (nSPS) is 14.9. The molecule has 0 saturated heterocycles. The van der Waals surface area contributed by atoms with Crippen LogP contribution in [0.1, 0.15) is 27.1 Å². The summed E-state index contributed by atoms with van der Waals surface area (Å²) in [5.74, 6) is -2.73. The van der Waals surface area contributed by atoms with Crippen LogP contribution >= 0.6 is 0 Å². The number of carbonyl (C=O) groups is 4. The van der Waals surface area contributed by atoms with Crippen LogP contribution in [0.25, 0.3) is 0 Å². The van der Waals surface area contributed by atoms with Gasteiger partial charge in [0.2, 0.25) is 5.91 Å². The first-order valence-electron chi connectivity index (χ1n) is 6.06. The number of hydrogen-bond acceptors (Lipinski definition) is 5. The highest BCUT2D eigenvalue weighted by Crippen LogP contribution is 2.24. The van der Waals surface area contributed by atoms with Crippen LogP contribution in [0.3, 0.4) is 0 Å². The Morgan fingerprint density at radius 1 is 1.29 bits per heavy atom. The molecule has 1 aliphatic heterocycles. The second kappa shape index (κ2) is 5.33. The third-order valence-corrected chi connectivity index (χ3v) is 3.09. The number of fused-ring (bicyclic) bond motifs is 1. The molecule has 0 aromatic heterocycles. The lowest BCUT2D eigenvalue weighted by atomic mass is 10.1. The first-order chi connectivity index (χ1) is 9.81. The topological polar surface area (TPSA) is 130 Å². The summed E-state index contributed by atoms with van der Waals surface area (Å²) in [5.41, 5.74) is 6.15. The second-order valence-corrected chi connectivity index (χ2v) is 4.62. The minimum atomic E-state index is -1.20. The molecular formula is C13H13N3O5. The van der Waals surface area contributed by atoms with Gasteiger partial charge in [0.25, 0.3) is 11.8 Å². The van der Waals surface area contributed by atoms with Crippen molar-refractivity contribution < 1.29 is 24.3 Å². The maximum absolute atomic E-state index is 11.8. The number of nitrogens with two attached hydrogens (primary N) is 1. The molecule has 4 N–H and O–H groups in total. The standard InChI is InChI=1S/C13H13N3O5/c1-16-12(20)7-3-2-6(4-8(7)13(16)21)15-11(19)9(14)5-10(17)18/h2-4,9H,5,14H2,1H3,(H,15,19)(H,17,18). The lowest BCUT2D eigenvalue weighted by Crippen LogP contribution is -2.37. The van der Waals surface area contributed by atoms with E-state index in [1.54, 1.807) is 0 Å². The van der Waals surface area contributed by atoms with Crippen LogP contribution in [-0.2, 0) is 9.59 Å². The van der Waals surface area contributed by atoms with E-state index in [2.05, 4.69) is 5.32 Å². The Kier molecular flexibility index (Phi) is 3.72. The van der Waals surface area contributed by atoms with E-state index in [1.807, 2.05) is 0 Å². The van der Waals surface area contributed by atoms with E-state index < -0.39 is 36.2 Å². The molecular weight excluding hydrogens is 278 g/mol. The fraction of sp³-hybridized carbons (Fsp3) is 0.231. The molecule has 1 atom stereocenters. The number of carboxylic acids is 1. The van der Waals surface area contributed by atoms with Crippen molar-refractivity contribution in [3.8, 4) is 0 Å². The summed E-state index contributed by atoms with van der Waals surface area (Å²) in [4.78, 5) is 46.7. The van der Waals surface area contributed by atoms with Crippen molar-refractivity contribution in [2.75, 3.05) is 12.4 Å². The number of rotatable bonds is 4. The molecule has 110 valence electrons. The van der Waals surface area contributed by atoms with Gasteiger partial charge in [-0.15, -0.1) is 0 Å². The van der Waals surface area contributed by atoms with Crippen LogP contribution in [-0.4, -0.2) is 46.8 Å². The highest BCUT2D eigenvalue weighted by molar-refractivity contribution is 6.21. The minimum Gasteiger partial charge on any atom is -0.481 e. The van der Waals surface area contributed by atoms with Crippen molar-refractivity contribution >= 4 is 29.4 Å². The quantitative estimate of drug-likeness (QED) is 0.650. The van der Waals surface area contributed by atoms with Crippen molar-refractivity contribution in [1.82, 2.24) is 4.90 Å². The average Bonchev–Trinajstić information content (AvgIpc) is 2.63. The zero-order chi connectivity index (χ0) is 15.7. The lowest BCUT2D eigenvalue weighted by molar-refractivity contribution is -0.138. The van der Waals surface area contributed by atoms with Crippen LogP contribution in [0.4, 0.5) is 5.69 Å². The average molecular weight is 291 g/mol. The lowest BCUT2D eigenvalue weighted by Gasteiger charge is -2.10. The minimum absolute atomic E-state index is 0.187. The molecule has 1 aliphatic rings. The number of amides is 3. The highest BCUT2D eigenvalue weighted by atomic mass is 16.4. The molecule has 1 unspecified atom stereocenters. The number of hydrogen-bond donors (Lipinski definition) is 3. The molecule has 1 aromatic carbocycles. The third-order valence-electron chi connectivity index (χ3n) is 3.09. The van der Waals surface area contributed by atoms with E-state index in [0.29, 0.717) is 0 Å². The number of carbonyl (C=O) groups excluding carboxylic acids is 3. The molecule has 0 radical (unpaired) electrons. The molecule has 0 saturated carbocycles. The van der Waals surface area contributed by atoms with Gasteiger partial charge >= 0.3 is 5.97 Å². The summed E-state index contributed by atoms with van der Waals surface area (Å²) >= 11 is 0. The van der Waals surface area contributed by atoms with Gasteiger partial charge in [-0.2, -0.15) is 0 Å². The second-order valence-electron chi connectivity index (χ2n) is 4.62. The van der Waals surface area contributed by atoms with Crippen LogP contribution < -0.4 is 11.1 Å². The van der Waals surface area contributed by atoms with Crippen molar-refractivity contribution in [3.05, 3.63) is 29.3 Å². The number of benzene rings is 1. The van der Waals surface area contributed by atoms with Gasteiger partial charge in [0.1, 0.15) is 0 Å². The Bertz CT molecular complexity index is 655. The first kappa shape index (κ1) is 14.7. The van der Waals surface area contributed by atoms with Gasteiger partial charge < -0.3 is 16.2 Å². The summed E-state index contributed by atoms with van der Waals surface area (Å²) in [7, 11) is 1.37. The summed E-state index contributed by atoms with van der Waals surface area (Å²) in [6, 6.07) is 3.05. The Balaban J connectivity index is 2.17. The molecule has 0 bridgehead atoms. The van der Waals surface area contributed by atoms with Crippen LogP contribution in [0.2, 0.25) is 0 Å². The van der Waals surface area contributed by atoms with Gasteiger partial charge in [-0.05, 0) is 18.2 Å². The summed E-state index contributed by atoms with van der Waals surface area (Å²) in [5, 5.41) is 11.0. The van der Waals surface area contributed by atoms with E-state index in [1.165, 1.54) is 25.2 Å². The SMILES string of the molecule is CN1C(=O)c2ccc(NC(=O)C(N)CC(=O)O)cc2C1=O. The molecule has 8 nitrogen and oxygen atoms in total. The predicted molar refractivity (Wildman–Crippen MR) is 71.7 cm³/mol. The Morgan fingerprint density at radius 3 is 2.52 bits per heavy atom. The van der Waals surface area contributed by atoms with Crippen LogP contribution in [0.15, 0.2) is 18.2 Å². The van der Waals surface area contributed by atoms with Crippen molar-refractivity contribution in [2.45, 2.75) is 12.5 Å². The molecule has 1 heterocycles. The van der Waals surface area contributed by atoms with Gasteiger partial charge in [-0.3, -0.25) is 24.1 Å². The number of anilines is 1. The van der Waals surface area contributed by atoms with E-state index in [-0.39, 0.29) is 16.8 Å². The van der Waals surface area contributed by atoms with Gasteiger partial charge in [-0.25, -0.2) is 0 Å². The smallest absolute Gasteiger partial charge is 0.305 e. The Morgan fingerprint density at radius 2 is 1.90 bits per heavy atom. The zero-order valence-corrected chi connectivity index (χ0v) is 11.1. The van der Waals surface area contributed by atoms with Gasteiger partial charge in [0, 0.05) is 12.7 Å². The number of imide groups is 1. The van der Waals surface area contributed by atoms with E-state index >= 15 is 0 Å². The largest absolute Gasteiger partial charge is 0.481 e. The molecule has 0 aliphatic carbocycles. The molecule has 3 amide bonds. The maximum atomic E-state index is 11.8. The van der Waals surface area contributed by atoms with Gasteiger partial charge in [0.05, 0.1) is 23.6 Å². The summed E-state index contributed by atoms with van der Waals surface area (Å²) < 4.78 is 0. The Labute approximate surface area is 119 Å². The fourth-order valence-electron chi connectivity index (χ4n) is 1.95. The van der Waals surface area contributed by atoms with E-state index in [0.717, 1.165) is 4.90 Å². The maximum Gasteiger partial charge on any atom is 0.305 e. The van der Waals surface area contributed by atoms with Crippen molar-refractivity contribution in [1.29, 1.82) is 0 Å². The summed E-state index contributed by atoms with van der Waals surface area (Å²) in [6.45, 7) is 0. The van der Waals surface area contributed by atoms with E-state index in [4.69, 9.17) is 10.8 Å². The molecule has 1 aromatic rings. The van der Waals surface area contributed by atoms with Gasteiger partial charge in [-0.1, -0.05) is 0 Å². The fourth-order valence-corrected chi connectivity index (χ4v) is 1.95. The van der Waals surface area contributed by atoms with Crippen LogP contribution in [0, 0.1) is 0 Å². The van der Waals surface area contributed by atoms with Gasteiger partial charge in [0.15, 0.2) is 0 Å². The highest BCUT2D eigenvalue weighted by Gasteiger charge is 2.32. The molecule has 2 rings (SSSR count). The number of nitrogens with zero attached hydrogens (tertiary/aromatic N) is 1. The summed E-state index contributed by atoms with van der Waals surface area (Å²) in [6.07, 6.45) is -0.503. The van der Waals surface area contributed by atoms with Crippen LogP contribution in [0.5, 0.6) is 0 Å². The molecule has 21 heavy (non-hydrogen) atoms.